The second-order valence-electron chi connectivity index (χ2n) is 14.0. The highest BCUT2D eigenvalue weighted by Gasteiger charge is 2.56. The molecule has 4 atom stereocenters. The van der Waals surface area contributed by atoms with Gasteiger partial charge in [-0.15, -0.1) is 0 Å². The Balaban J connectivity index is 1.38. The fourth-order valence-corrected chi connectivity index (χ4v) is 6.32. The fourth-order valence-electron chi connectivity index (χ4n) is 6.32. The van der Waals surface area contributed by atoms with E-state index in [1.54, 1.807) is 12.4 Å². The number of oxime groups is 1. The van der Waals surface area contributed by atoms with Gasteiger partial charge >= 0.3 is 6.09 Å². The van der Waals surface area contributed by atoms with E-state index in [2.05, 4.69) is 31.1 Å². The van der Waals surface area contributed by atoms with E-state index in [4.69, 9.17) is 9.57 Å². The topological polar surface area (TPSA) is 181 Å². The van der Waals surface area contributed by atoms with Crippen molar-refractivity contribution in [3.05, 3.63) is 24.3 Å². The maximum absolute atomic E-state index is 14.4. The number of carbonyl (C=O) groups excluding carboxylic acids is 5. The third kappa shape index (κ3) is 7.81. The molecular weight excluding hydrogens is 594 g/mol. The lowest BCUT2D eigenvalue weighted by atomic mass is 9.85. The zero-order valence-corrected chi connectivity index (χ0v) is 27.0. The van der Waals surface area contributed by atoms with Crippen LogP contribution in [0.15, 0.2) is 23.9 Å². The van der Waals surface area contributed by atoms with Crippen molar-refractivity contribution >= 4 is 35.3 Å². The molecule has 3 fully saturated rings. The Kier molecular flexibility index (Phi) is 9.92. The molecule has 46 heavy (non-hydrogen) atoms. The third-order valence-corrected chi connectivity index (χ3v) is 9.02. The van der Waals surface area contributed by atoms with Gasteiger partial charge in [-0.05, 0) is 50.4 Å². The van der Waals surface area contributed by atoms with E-state index in [1.807, 2.05) is 27.7 Å². The lowest BCUT2D eigenvalue weighted by Crippen LogP contribution is -2.59. The summed E-state index contributed by atoms with van der Waals surface area (Å²) in [6, 6.07) is -3.16. The summed E-state index contributed by atoms with van der Waals surface area (Å²) in [5.41, 5.74) is -0.549. The highest BCUT2D eigenvalue weighted by atomic mass is 16.7. The zero-order chi connectivity index (χ0) is 33.1. The number of hydrogen-bond acceptors (Lipinski definition) is 10. The average Bonchev–Trinajstić information content (AvgIpc) is 3.37. The predicted octanol–water partition coefficient (Wildman–Crippen LogP) is 2.16. The van der Waals surface area contributed by atoms with E-state index >= 15 is 0 Å². The fraction of sp³-hybridized carbons (Fsp3) is 0.688. The quantitative estimate of drug-likeness (QED) is 0.306. The van der Waals surface area contributed by atoms with Gasteiger partial charge in [0.2, 0.25) is 17.6 Å². The van der Waals surface area contributed by atoms with E-state index in [0.717, 1.165) is 38.5 Å². The Morgan fingerprint density at radius 1 is 1.07 bits per heavy atom. The lowest BCUT2D eigenvalue weighted by Gasteiger charge is -2.35. The molecule has 0 radical (unpaired) electrons. The summed E-state index contributed by atoms with van der Waals surface area (Å²) in [6.45, 7) is 7.33. The van der Waals surface area contributed by atoms with E-state index in [0.29, 0.717) is 17.7 Å². The molecule has 3 N–H and O–H groups in total. The third-order valence-electron chi connectivity index (χ3n) is 9.02. The highest BCUT2D eigenvalue weighted by Crippen LogP contribution is 2.40. The van der Waals surface area contributed by atoms with Gasteiger partial charge in [0, 0.05) is 36.8 Å². The van der Waals surface area contributed by atoms with Gasteiger partial charge in [0.05, 0.1) is 18.3 Å². The predicted molar refractivity (Wildman–Crippen MR) is 165 cm³/mol. The molecule has 3 heterocycles. The van der Waals surface area contributed by atoms with Gasteiger partial charge in [0.1, 0.15) is 24.5 Å². The molecule has 1 aromatic rings. The minimum atomic E-state index is -1.06. The highest BCUT2D eigenvalue weighted by molar-refractivity contribution is 6.38. The summed E-state index contributed by atoms with van der Waals surface area (Å²) < 4.78 is 5.61. The van der Waals surface area contributed by atoms with Gasteiger partial charge in [-0.1, -0.05) is 39.3 Å². The lowest BCUT2D eigenvalue weighted by molar-refractivity contribution is -0.144. The first-order valence-electron chi connectivity index (χ1n) is 16.3. The number of aromatic nitrogens is 2. The Hall–Kier alpha value is -4.10. The van der Waals surface area contributed by atoms with Crippen LogP contribution in [-0.2, 0) is 28.8 Å². The van der Waals surface area contributed by atoms with Crippen LogP contribution in [0.3, 0.4) is 0 Å². The second-order valence-corrected chi connectivity index (χ2v) is 14.0. The normalized spacial score (nSPS) is 24.1. The number of alkyl carbamates (subject to hydrolysis) is 1. The molecule has 250 valence electrons. The number of amides is 4. The molecule has 0 unspecified atom stereocenters. The minimum absolute atomic E-state index is 0.00506. The zero-order valence-electron chi connectivity index (χ0n) is 27.0. The Morgan fingerprint density at radius 3 is 2.39 bits per heavy atom. The summed E-state index contributed by atoms with van der Waals surface area (Å²) in [4.78, 5) is 82.5. The van der Waals surface area contributed by atoms with Crippen LogP contribution in [0, 0.1) is 5.41 Å². The first-order chi connectivity index (χ1) is 21.9. The molecule has 0 bridgehead atoms. The number of hydrogen-bond donors (Lipinski definition) is 3. The smallest absolute Gasteiger partial charge is 0.408 e. The van der Waals surface area contributed by atoms with Gasteiger partial charge < -0.3 is 30.4 Å². The number of carbonyl (C=O) groups is 5. The standard InChI is InChI=1S/C32H45N7O7/c1-5-8-22(25(40)28(42)35-20-11-12-20)36-27(41)24-14-32(13-23(38-46-32)19-15-33-18-34-16-19)17-39(24)29(43)26(31(2,3)4)37-30(44)45-21-9-6-7-10-21/h15-16,18,20-22,24,26H,5-14,17H2,1-4H3,(H,35,42)(H,36,41)(H,37,44)/t22-,24-,26+,32+/m0/s1. The Bertz CT molecular complexity index is 1350. The number of nitrogens with zero attached hydrogens (tertiary/aromatic N) is 4. The average molecular weight is 640 g/mol. The van der Waals surface area contributed by atoms with Crippen molar-refractivity contribution in [2.75, 3.05) is 6.54 Å². The van der Waals surface area contributed by atoms with Crippen molar-refractivity contribution in [1.82, 2.24) is 30.8 Å². The van der Waals surface area contributed by atoms with E-state index in [1.165, 1.54) is 11.2 Å². The van der Waals surface area contributed by atoms with E-state index in [-0.39, 0.29) is 38.0 Å². The molecule has 1 spiro atoms. The van der Waals surface area contributed by atoms with Crippen molar-refractivity contribution < 1.29 is 33.5 Å². The summed E-state index contributed by atoms with van der Waals surface area (Å²) in [6.07, 6.45) is 10.1. The summed E-state index contributed by atoms with van der Waals surface area (Å²) in [5, 5.41) is 12.5. The Morgan fingerprint density at radius 2 is 1.76 bits per heavy atom. The number of Topliss-reactive ketones (excluding diaryl/α,β-unsaturated/α-hetero) is 1. The van der Waals surface area contributed by atoms with Crippen LogP contribution in [0.25, 0.3) is 0 Å². The largest absolute Gasteiger partial charge is 0.446 e. The van der Waals surface area contributed by atoms with Crippen LogP contribution in [0.1, 0.15) is 97.5 Å². The molecule has 4 amide bonds. The van der Waals surface area contributed by atoms with E-state index < -0.39 is 58.7 Å². The molecule has 0 aromatic carbocycles. The van der Waals surface area contributed by atoms with Gasteiger partial charge in [-0.25, -0.2) is 14.8 Å². The number of likely N-dealkylation sites (tertiary alicyclic amines) is 1. The van der Waals surface area contributed by atoms with Gasteiger partial charge in [0.15, 0.2) is 5.60 Å². The monoisotopic (exact) mass is 639 g/mol. The summed E-state index contributed by atoms with van der Waals surface area (Å²) in [7, 11) is 0. The maximum atomic E-state index is 14.4. The van der Waals surface area contributed by atoms with Crippen molar-refractivity contribution in [2.24, 2.45) is 10.6 Å². The maximum Gasteiger partial charge on any atom is 0.408 e. The first kappa shape index (κ1) is 33.3. The first-order valence-corrected chi connectivity index (χ1v) is 16.3. The van der Waals surface area contributed by atoms with Gasteiger partial charge in [-0.2, -0.15) is 0 Å². The molecule has 4 aliphatic rings. The van der Waals surface area contributed by atoms with Crippen molar-refractivity contribution in [2.45, 2.75) is 128 Å². The number of rotatable bonds is 11. The molecule has 2 aliphatic carbocycles. The molecule has 5 rings (SSSR count). The van der Waals surface area contributed by atoms with Crippen LogP contribution in [0.5, 0.6) is 0 Å². The van der Waals surface area contributed by atoms with Crippen molar-refractivity contribution in [3.8, 4) is 0 Å². The minimum Gasteiger partial charge on any atom is -0.446 e. The number of ether oxygens (including phenoxy) is 1. The molecule has 1 aromatic heterocycles. The number of nitrogens with one attached hydrogen (secondary N) is 3. The van der Waals surface area contributed by atoms with Crippen LogP contribution in [0.2, 0.25) is 0 Å². The summed E-state index contributed by atoms with van der Waals surface area (Å²) in [5.74, 6) is -2.52. The van der Waals surface area contributed by atoms with Gasteiger partial charge in [-0.3, -0.25) is 19.2 Å². The van der Waals surface area contributed by atoms with Crippen molar-refractivity contribution in [1.29, 1.82) is 0 Å². The van der Waals surface area contributed by atoms with Crippen LogP contribution < -0.4 is 16.0 Å². The molecule has 14 nitrogen and oxygen atoms in total. The van der Waals surface area contributed by atoms with E-state index in [9.17, 15) is 24.0 Å². The number of ketones is 1. The second kappa shape index (κ2) is 13.7. The van der Waals surface area contributed by atoms with Gasteiger partial charge in [0.25, 0.3) is 5.91 Å². The molecule has 2 aliphatic heterocycles. The Labute approximate surface area is 268 Å². The molecule has 2 saturated carbocycles. The molecular formula is C32H45N7O7. The van der Waals surface area contributed by atoms with Crippen LogP contribution in [0.4, 0.5) is 4.79 Å². The molecule has 14 heteroatoms. The molecule has 1 saturated heterocycles. The van der Waals surface area contributed by atoms with Crippen LogP contribution in [-0.4, -0.2) is 92.6 Å². The van der Waals surface area contributed by atoms with Crippen molar-refractivity contribution in [3.63, 3.8) is 0 Å². The summed E-state index contributed by atoms with van der Waals surface area (Å²) >= 11 is 0. The SMILES string of the molecule is CCC[C@H](NC(=O)[C@@H]1C[C@]2(CC(c3cncnc3)=NO2)CN1C(=O)[C@@H](NC(=O)OC1CCCC1)C(C)(C)C)C(=O)C(=O)NC1CC1. The van der Waals surface area contributed by atoms with Crippen LogP contribution >= 0.6 is 0 Å².